The number of urea groups is 1. The average Bonchev–Trinajstić information content (AvgIpc) is 3.79. The van der Waals surface area contributed by atoms with Gasteiger partial charge in [0, 0.05) is 30.8 Å². The van der Waals surface area contributed by atoms with Crippen LogP contribution in [-0.4, -0.2) is 50.3 Å². The molecule has 4 heterocycles. The fourth-order valence-corrected chi connectivity index (χ4v) is 6.42. The molecule has 3 aromatic heterocycles. The summed E-state index contributed by atoms with van der Waals surface area (Å²) in [5.74, 6) is 2.37. The predicted octanol–water partition coefficient (Wildman–Crippen LogP) is 7.17. The van der Waals surface area contributed by atoms with E-state index in [1.54, 1.807) is 22.9 Å². The molecule has 242 valence electrons. The predicted molar refractivity (Wildman–Crippen MR) is 182 cm³/mol. The lowest BCUT2D eigenvalue weighted by atomic mass is 10.1. The molecule has 1 saturated heterocycles. The van der Waals surface area contributed by atoms with E-state index in [0.29, 0.717) is 36.1 Å². The smallest absolute Gasteiger partial charge is 0.324 e. The number of hydrogen-bond acceptors (Lipinski definition) is 9. The first-order chi connectivity index (χ1) is 22.7. The zero-order valence-electron chi connectivity index (χ0n) is 26.9. The molecule has 0 atom stereocenters. The summed E-state index contributed by atoms with van der Waals surface area (Å²) < 4.78 is 13.2. The van der Waals surface area contributed by atoms with E-state index < -0.39 is 6.03 Å². The minimum absolute atomic E-state index is 0.120. The lowest BCUT2D eigenvalue weighted by Crippen LogP contribution is -2.23. The maximum Gasteiger partial charge on any atom is 0.324 e. The van der Waals surface area contributed by atoms with Crippen LogP contribution in [0.5, 0.6) is 17.5 Å². The summed E-state index contributed by atoms with van der Waals surface area (Å²) in [6.07, 6.45) is 6.94. The summed E-state index contributed by atoms with van der Waals surface area (Å²) in [5.41, 5.74) is 4.97. The summed E-state index contributed by atoms with van der Waals surface area (Å²) in [7, 11) is 1.65. The molecular weight excluding hydrogens is 616 g/mol. The number of hydrogen-bond donors (Lipinski definition) is 2. The Labute approximate surface area is 276 Å². The first-order valence-electron chi connectivity index (χ1n) is 15.4. The number of aryl methyl sites for hydroxylation is 1. The molecule has 13 heteroatoms. The fourth-order valence-electron chi connectivity index (χ4n) is 5.46. The minimum atomic E-state index is -0.466. The van der Waals surface area contributed by atoms with Gasteiger partial charge >= 0.3 is 12.0 Å². The first-order valence-corrected chi connectivity index (χ1v) is 16.2. The molecule has 1 aliphatic rings. The van der Waals surface area contributed by atoms with Gasteiger partial charge in [-0.15, -0.1) is 0 Å². The number of anilines is 3. The van der Waals surface area contributed by atoms with Crippen molar-refractivity contribution in [3.05, 3.63) is 77.9 Å². The molecular formula is C34H36N8O4S. The van der Waals surface area contributed by atoms with Crippen molar-refractivity contribution in [2.75, 3.05) is 29.2 Å². The topological polar surface area (TPSA) is 136 Å². The molecule has 6 rings (SSSR count). The highest BCUT2D eigenvalue weighted by Gasteiger charge is 2.24. The molecule has 1 fully saturated rings. The average molecular weight is 653 g/mol. The molecule has 3 amide bonds. The molecule has 5 aromatic rings. The molecule has 1 aliphatic heterocycles. The van der Waals surface area contributed by atoms with Crippen LogP contribution in [0.25, 0.3) is 16.1 Å². The zero-order valence-corrected chi connectivity index (χ0v) is 27.7. The van der Waals surface area contributed by atoms with Crippen molar-refractivity contribution in [1.29, 1.82) is 0 Å². The van der Waals surface area contributed by atoms with Gasteiger partial charge in [0.25, 0.3) is 0 Å². The summed E-state index contributed by atoms with van der Waals surface area (Å²) in [5, 5.41) is 11.2. The van der Waals surface area contributed by atoms with Crippen LogP contribution in [0, 0.1) is 19.8 Å². The number of benzene rings is 2. The third-order valence-corrected chi connectivity index (χ3v) is 8.73. The lowest BCUT2D eigenvalue weighted by Gasteiger charge is -2.15. The summed E-state index contributed by atoms with van der Waals surface area (Å²) in [4.78, 5) is 40.8. The highest BCUT2D eigenvalue weighted by molar-refractivity contribution is 7.19. The molecule has 2 N–H and O–H groups in total. The van der Waals surface area contributed by atoms with Gasteiger partial charge in [-0.05, 0) is 74.1 Å². The third-order valence-electron chi connectivity index (χ3n) is 7.66. The van der Waals surface area contributed by atoms with Crippen LogP contribution in [0.2, 0.25) is 0 Å². The van der Waals surface area contributed by atoms with Gasteiger partial charge in [-0.1, -0.05) is 31.3 Å². The number of thiazole rings is 1. The Morgan fingerprint density at radius 3 is 2.47 bits per heavy atom. The van der Waals surface area contributed by atoms with E-state index in [1.807, 2.05) is 56.3 Å². The van der Waals surface area contributed by atoms with Crippen LogP contribution >= 0.6 is 11.3 Å². The number of ether oxygens (including phenoxy) is 2. The normalized spacial score (nSPS) is 12.9. The van der Waals surface area contributed by atoms with Gasteiger partial charge in [0.1, 0.15) is 17.3 Å². The van der Waals surface area contributed by atoms with Crippen molar-refractivity contribution in [2.45, 2.75) is 47.0 Å². The zero-order chi connectivity index (χ0) is 33.1. The fraction of sp³-hybridized carbons (Fsp3) is 0.294. The molecule has 0 aliphatic carbocycles. The van der Waals surface area contributed by atoms with Crippen LogP contribution in [0.3, 0.4) is 0 Å². The molecule has 12 nitrogen and oxygen atoms in total. The number of nitrogens with one attached hydrogen (secondary N) is 2. The Morgan fingerprint density at radius 1 is 1.02 bits per heavy atom. The summed E-state index contributed by atoms with van der Waals surface area (Å²) in [6.45, 7) is 8.93. The van der Waals surface area contributed by atoms with E-state index in [9.17, 15) is 9.59 Å². The van der Waals surface area contributed by atoms with Gasteiger partial charge in [-0.2, -0.15) is 5.10 Å². The summed E-state index contributed by atoms with van der Waals surface area (Å²) in [6, 6.07) is 13.0. The highest BCUT2D eigenvalue weighted by atomic mass is 32.1. The van der Waals surface area contributed by atoms with E-state index in [0.717, 1.165) is 56.7 Å². The maximum atomic E-state index is 13.1. The Kier molecular flexibility index (Phi) is 9.16. The Balaban J connectivity index is 1.10. The van der Waals surface area contributed by atoms with Crippen LogP contribution < -0.4 is 25.0 Å². The number of amides is 3. The van der Waals surface area contributed by atoms with Crippen molar-refractivity contribution in [3.63, 3.8) is 0 Å². The number of carbonyl (C=O) groups excluding carboxylic acids is 2. The molecule has 0 radical (unpaired) electrons. The second-order valence-corrected chi connectivity index (χ2v) is 12.7. The largest absolute Gasteiger partial charge is 0.496 e. The number of rotatable bonds is 10. The van der Waals surface area contributed by atoms with E-state index in [-0.39, 0.29) is 11.9 Å². The van der Waals surface area contributed by atoms with Crippen molar-refractivity contribution in [1.82, 2.24) is 24.7 Å². The quantitative estimate of drug-likeness (QED) is 0.162. The Morgan fingerprint density at radius 2 is 1.79 bits per heavy atom. The van der Waals surface area contributed by atoms with Crippen LogP contribution in [0.1, 0.15) is 43.5 Å². The third kappa shape index (κ3) is 7.09. The van der Waals surface area contributed by atoms with Crippen molar-refractivity contribution in [3.8, 4) is 33.6 Å². The number of carbonyl (C=O) groups is 2. The van der Waals surface area contributed by atoms with E-state index in [1.165, 1.54) is 23.7 Å². The van der Waals surface area contributed by atoms with E-state index >= 15 is 0 Å². The standard InChI is InChI=1S/C34H36N8O4S/c1-20(2)15-24-16-29(42(40-24)27-13-8-21(3)31(45-5)22(27)4)39-32(44)38-25-17-35-33(36-18-25)46-26-11-9-23(10-12-26)28-19-37-34(47-28)41-14-6-7-30(41)43/h8-13,16-20H,6-7,14-15H2,1-5H3,(H2,38,39,44). The van der Waals surface area contributed by atoms with Crippen LogP contribution in [0.15, 0.2) is 61.1 Å². The van der Waals surface area contributed by atoms with Crippen molar-refractivity contribution in [2.24, 2.45) is 5.92 Å². The molecule has 47 heavy (non-hydrogen) atoms. The monoisotopic (exact) mass is 652 g/mol. The van der Waals surface area contributed by atoms with Gasteiger partial charge in [-0.3, -0.25) is 15.0 Å². The van der Waals surface area contributed by atoms with E-state index in [4.69, 9.17) is 14.6 Å². The van der Waals surface area contributed by atoms with E-state index in [2.05, 4.69) is 39.4 Å². The highest BCUT2D eigenvalue weighted by Crippen LogP contribution is 2.34. The van der Waals surface area contributed by atoms with Gasteiger partial charge in [-0.25, -0.2) is 24.4 Å². The maximum absolute atomic E-state index is 13.1. The van der Waals surface area contributed by atoms with Gasteiger partial charge in [0.15, 0.2) is 5.13 Å². The van der Waals surface area contributed by atoms with Crippen molar-refractivity contribution < 1.29 is 19.1 Å². The van der Waals surface area contributed by atoms with Gasteiger partial charge in [0.05, 0.1) is 41.4 Å². The lowest BCUT2D eigenvalue weighted by molar-refractivity contribution is -0.117. The number of methoxy groups -OCH3 is 1. The van der Waals surface area contributed by atoms with Crippen molar-refractivity contribution >= 4 is 39.9 Å². The molecule has 0 spiro atoms. The SMILES string of the molecule is COc1c(C)ccc(-n2nc(CC(C)C)cc2NC(=O)Nc2cnc(Oc3ccc(-c4cnc(N5CCCC5=O)s4)cc3)nc2)c1C. The second kappa shape index (κ2) is 13.6. The molecule has 0 unspecified atom stereocenters. The summed E-state index contributed by atoms with van der Waals surface area (Å²) >= 11 is 1.49. The Bertz CT molecular complexity index is 1900. The molecule has 0 saturated carbocycles. The minimum Gasteiger partial charge on any atom is -0.496 e. The first kappa shape index (κ1) is 31.7. The van der Waals surface area contributed by atoms with Gasteiger partial charge in [0.2, 0.25) is 5.91 Å². The number of aromatic nitrogens is 5. The van der Waals surface area contributed by atoms with Crippen LogP contribution in [-0.2, 0) is 11.2 Å². The second-order valence-electron chi connectivity index (χ2n) is 11.7. The number of nitrogens with zero attached hydrogens (tertiary/aromatic N) is 6. The molecule has 2 aromatic carbocycles. The Hall–Kier alpha value is -5.30. The van der Waals surface area contributed by atoms with Crippen LogP contribution in [0.4, 0.5) is 21.4 Å². The molecule has 0 bridgehead atoms. The van der Waals surface area contributed by atoms with Gasteiger partial charge < -0.3 is 14.8 Å².